The second kappa shape index (κ2) is 6.39. The van der Waals surface area contributed by atoms with Crippen molar-refractivity contribution < 1.29 is 4.79 Å². The van der Waals surface area contributed by atoms with Crippen LogP contribution in [0.1, 0.15) is 35.4 Å². The van der Waals surface area contributed by atoms with Crippen molar-refractivity contribution in [1.82, 2.24) is 20.1 Å². The van der Waals surface area contributed by atoms with Crippen molar-refractivity contribution in [3.05, 3.63) is 66.1 Å². The van der Waals surface area contributed by atoms with E-state index in [1.54, 1.807) is 18.6 Å². The number of pyridine rings is 1. The van der Waals surface area contributed by atoms with Gasteiger partial charge in [0.1, 0.15) is 6.17 Å². The normalized spacial score (nSPS) is 16.4. The molecule has 4 rings (SSSR count). The zero-order valence-electron chi connectivity index (χ0n) is 13.9. The fraction of sp³-hybridized carbons (Fsp3) is 0.211. The van der Waals surface area contributed by atoms with Gasteiger partial charge in [0.15, 0.2) is 0 Å². The maximum atomic E-state index is 13.0. The number of rotatable bonds is 4. The predicted octanol–water partition coefficient (Wildman–Crippen LogP) is 3.45. The summed E-state index contributed by atoms with van der Waals surface area (Å²) >= 11 is 0. The summed E-state index contributed by atoms with van der Waals surface area (Å²) < 4.78 is 0. The lowest BCUT2D eigenvalue weighted by atomic mass is 10.0. The third-order valence-electron chi connectivity index (χ3n) is 4.40. The monoisotopic (exact) mass is 333 g/mol. The average molecular weight is 333 g/mol. The molecule has 3 heterocycles. The lowest BCUT2D eigenvalue weighted by Gasteiger charge is -2.37. The maximum Gasteiger partial charge on any atom is 0.257 e. The van der Waals surface area contributed by atoms with Gasteiger partial charge in [0, 0.05) is 35.8 Å². The van der Waals surface area contributed by atoms with E-state index in [4.69, 9.17) is 0 Å². The Morgan fingerprint density at radius 2 is 2.04 bits per heavy atom. The molecule has 0 fully saturated rings. The number of aromatic nitrogens is 3. The van der Waals surface area contributed by atoms with Crippen LogP contribution in [0.5, 0.6) is 0 Å². The van der Waals surface area contributed by atoms with Crippen LogP contribution in [-0.4, -0.2) is 32.5 Å². The van der Waals surface area contributed by atoms with Crippen LogP contribution in [0.2, 0.25) is 0 Å². The van der Waals surface area contributed by atoms with E-state index in [1.165, 1.54) is 0 Å². The highest BCUT2D eigenvalue weighted by atomic mass is 16.2. The highest BCUT2D eigenvalue weighted by Crippen LogP contribution is 2.36. The third kappa shape index (κ3) is 2.65. The molecule has 0 bridgehead atoms. The van der Waals surface area contributed by atoms with Crippen LogP contribution >= 0.6 is 0 Å². The minimum Gasteiger partial charge on any atom is -0.361 e. The van der Waals surface area contributed by atoms with Crippen LogP contribution in [0.4, 0.5) is 5.69 Å². The minimum absolute atomic E-state index is 0.0412. The summed E-state index contributed by atoms with van der Waals surface area (Å²) in [5.41, 5.74) is 4.31. The van der Waals surface area contributed by atoms with Crippen LogP contribution in [0, 0.1) is 0 Å². The van der Waals surface area contributed by atoms with E-state index in [2.05, 4.69) is 27.4 Å². The lowest BCUT2D eigenvalue weighted by Crippen LogP contribution is -2.43. The van der Waals surface area contributed by atoms with Crippen molar-refractivity contribution in [1.29, 1.82) is 0 Å². The molecule has 0 saturated heterocycles. The molecule has 0 saturated carbocycles. The Morgan fingerprint density at radius 3 is 2.84 bits per heavy atom. The number of nitrogens with zero attached hydrogens (tertiary/aromatic N) is 3. The Balaban J connectivity index is 1.80. The molecule has 2 N–H and O–H groups in total. The standard InChI is InChI=1S/C19H19N5O/c1-2-10-24-18(22-16-8-4-3-7-14(16)19(24)25)15-12-21-23-17(15)13-6-5-9-20-11-13/h3-9,11-12,18,22H,2,10H2,1H3,(H,21,23)/t18-/m1/s1. The summed E-state index contributed by atoms with van der Waals surface area (Å²) in [5, 5.41) is 10.8. The Hall–Kier alpha value is -3.15. The molecule has 126 valence electrons. The van der Waals surface area contributed by atoms with Gasteiger partial charge in [-0.05, 0) is 30.7 Å². The van der Waals surface area contributed by atoms with Crippen LogP contribution in [-0.2, 0) is 0 Å². The van der Waals surface area contributed by atoms with Crippen LogP contribution in [0.15, 0.2) is 55.0 Å². The quantitative estimate of drug-likeness (QED) is 0.767. The molecule has 3 aromatic rings. The van der Waals surface area contributed by atoms with Gasteiger partial charge in [0.05, 0.1) is 17.5 Å². The number of carbonyl (C=O) groups is 1. The molecule has 1 amide bonds. The zero-order chi connectivity index (χ0) is 17.2. The second-order valence-corrected chi connectivity index (χ2v) is 6.03. The Morgan fingerprint density at radius 1 is 1.16 bits per heavy atom. The van der Waals surface area contributed by atoms with Gasteiger partial charge in [-0.3, -0.25) is 14.9 Å². The van der Waals surface area contributed by atoms with E-state index in [0.717, 1.165) is 28.9 Å². The van der Waals surface area contributed by atoms with E-state index in [0.29, 0.717) is 12.1 Å². The molecule has 6 nitrogen and oxygen atoms in total. The first kappa shape index (κ1) is 15.4. The van der Waals surface area contributed by atoms with E-state index >= 15 is 0 Å². The number of nitrogens with one attached hydrogen (secondary N) is 2. The molecule has 1 aliphatic rings. The largest absolute Gasteiger partial charge is 0.361 e. The first-order valence-electron chi connectivity index (χ1n) is 8.39. The number of hydrogen-bond acceptors (Lipinski definition) is 4. The number of carbonyl (C=O) groups excluding carboxylic acids is 1. The summed E-state index contributed by atoms with van der Waals surface area (Å²) in [5.74, 6) is 0.0412. The van der Waals surface area contributed by atoms with E-state index in [1.807, 2.05) is 41.3 Å². The van der Waals surface area contributed by atoms with Gasteiger partial charge < -0.3 is 10.2 Å². The second-order valence-electron chi connectivity index (χ2n) is 6.03. The van der Waals surface area contributed by atoms with Crippen molar-refractivity contribution >= 4 is 11.6 Å². The number of anilines is 1. The van der Waals surface area contributed by atoms with E-state index in [-0.39, 0.29) is 12.1 Å². The molecule has 0 spiro atoms. The fourth-order valence-corrected chi connectivity index (χ4v) is 3.25. The number of H-pyrrole nitrogens is 1. The first-order chi connectivity index (χ1) is 12.3. The zero-order valence-corrected chi connectivity index (χ0v) is 13.9. The highest BCUT2D eigenvalue weighted by Gasteiger charge is 2.34. The number of amides is 1. The first-order valence-corrected chi connectivity index (χ1v) is 8.39. The van der Waals surface area contributed by atoms with Crippen molar-refractivity contribution in [3.8, 4) is 11.3 Å². The van der Waals surface area contributed by atoms with Gasteiger partial charge in [-0.25, -0.2) is 0 Å². The van der Waals surface area contributed by atoms with Crippen molar-refractivity contribution in [2.24, 2.45) is 0 Å². The van der Waals surface area contributed by atoms with Crippen molar-refractivity contribution in [2.75, 3.05) is 11.9 Å². The number of aromatic amines is 1. The van der Waals surface area contributed by atoms with Gasteiger partial charge in [0.2, 0.25) is 0 Å². The molecule has 0 aliphatic carbocycles. The van der Waals surface area contributed by atoms with Crippen molar-refractivity contribution in [3.63, 3.8) is 0 Å². The molecule has 6 heteroatoms. The summed E-state index contributed by atoms with van der Waals surface area (Å²) in [6.45, 7) is 2.74. The molecular formula is C19H19N5O. The predicted molar refractivity (Wildman–Crippen MR) is 96.0 cm³/mol. The Kier molecular flexibility index (Phi) is 3.93. The van der Waals surface area contributed by atoms with Gasteiger partial charge in [-0.2, -0.15) is 5.10 Å². The molecule has 0 radical (unpaired) electrons. The lowest BCUT2D eigenvalue weighted by molar-refractivity contribution is 0.0684. The highest BCUT2D eigenvalue weighted by molar-refractivity contribution is 6.01. The maximum absolute atomic E-state index is 13.0. The van der Waals surface area contributed by atoms with Crippen molar-refractivity contribution in [2.45, 2.75) is 19.5 Å². The average Bonchev–Trinajstić information content (AvgIpc) is 3.14. The molecular weight excluding hydrogens is 314 g/mol. The molecule has 25 heavy (non-hydrogen) atoms. The third-order valence-corrected chi connectivity index (χ3v) is 4.40. The fourth-order valence-electron chi connectivity index (χ4n) is 3.25. The van der Waals surface area contributed by atoms with E-state index < -0.39 is 0 Å². The Labute approximate surface area is 145 Å². The molecule has 1 aromatic carbocycles. The van der Waals surface area contributed by atoms with Gasteiger partial charge >= 0.3 is 0 Å². The molecule has 1 aliphatic heterocycles. The topological polar surface area (TPSA) is 73.9 Å². The SMILES string of the molecule is CCCN1C(=O)c2ccccc2N[C@H]1c1cn[nH]c1-c1cccnc1. The number of benzene rings is 1. The van der Waals surface area contributed by atoms with Gasteiger partial charge in [-0.15, -0.1) is 0 Å². The minimum atomic E-state index is -0.267. The number of fused-ring (bicyclic) bond motifs is 1. The summed E-state index contributed by atoms with van der Waals surface area (Å²) in [4.78, 5) is 19.1. The van der Waals surface area contributed by atoms with Crippen LogP contribution < -0.4 is 5.32 Å². The molecule has 2 aromatic heterocycles. The summed E-state index contributed by atoms with van der Waals surface area (Å²) in [6, 6.07) is 11.5. The molecule has 0 unspecified atom stereocenters. The summed E-state index contributed by atoms with van der Waals surface area (Å²) in [6.07, 6.45) is 5.92. The van der Waals surface area contributed by atoms with Crippen LogP contribution in [0.3, 0.4) is 0 Å². The van der Waals surface area contributed by atoms with E-state index in [9.17, 15) is 4.79 Å². The molecule has 1 atom stereocenters. The number of para-hydroxylation sites is 1. The van der Waals surface area contributed by atoms with Gasteiger partial charge in [0.25, 0.3) is 5.91 Å². The Bertz CT molecular complexity index is 890. The van der Waals surface area contributed by atoms with Crippen LogP contribution in [0.25, 0.3) is 11.3 Å². The van der Waals surface area contributed by atoms with Gasteiger partial charge in [-0.1, -0.05) is 19.1 Å². The number of hydrogen-bond donors (Lipinski definition) is 2. The summed E-state index contributed by atoms with van der Waals surface area (Å²) in [7, 11) is 0. The smallest absolute Gasteiger partial charge is 0.257 e.